The molecule has 0 radical (unpaired) electrons. The first kappa shape index (κ1) is 20.7. The topological polar surface area (TPSA) is 42.0 Å². The Morgan fingerprint density at radius 3 is 2.40 bits per heavy atom. The number of nitrogens with zero attached hydrogens (tertiary/aromatic N) is 1. The maximum Gasteiger partial charge on any atom is 0.258 e. The zero-order valence-corrected chi connectivity index (χ0v) is 18.5. The molecule has 1 amide bonds. The number of aromatic nitrogens is 1. The van der Waals surface area contributed by atoms with E-state index in [0.29, 0.717) is 15.7 Å². The maximum atomic E-state index is 12.8. The number of pyridine rings is 1. The number of halogens is 2. The molecule has 0 aliphatic heterocycles. The molecule has 1 N–H and O–H groups in total. The number of fused-ring (bicyclic) bond motifs is 1. The minimum atomic E-state index is -0.362. The number of para-hydroxylation sites is 1. The first-order chi connectivity index (χ1) is 14.5. The van der Waals surface area contributed by atoms with Gasteiger partial charge in [-0.25, -0.2) is 0 Å². The first-order valence-electron chi connectivity index (χ1n) is 9.35. The van der Waals surface area contributed by atoms with Crippen LogP contribution in [-0.4, -0.2) is 10.9 Å². The highest BCUT2D eigenvalue weighted by Gasteiger charge is 2.17. The molecule has 0 aliphatic carbocycles. The van der Waals surface area contributed by atoms with Crippen LogP contribution in [0.5, 0.6) is 0 Å². The monoisotopic (exact) mass is 452 g/mol. The van der Waals surface area contributed by atoms with Crippen molar-refractivity contribution in [3.8, 4) is 0 Å². The third-order valence-corrected chi connectivity index (χ3v) is 6.63. The van der Waals surface area contributed by atoms with Crippen LogP contribution >= 0.6 is 35.0 Å². The van der Waals surface area contributed by atoms with E-state index in [-0.39, 0.29) is 11.5 Å². The van der Waals surface area contributed by atoms with Crippen LogP contribution < -0.4 is 5.32 Å². The molecule has 0 saturated carbocycles. The molecule has 3 nitrogen and oxygen atoms in total. The van der Waals surface area contributed by atoms with E-state index in [0.717, 1.165) is 27.1 Å². The van der Waals surface area contributed by atoms with Crippen LogP contribution in [0, 0.1) is 6.92 Å². The Morgan fingerprint density at radius 2 is 1.67 bits per heavy atom. The number of hydrogen-bond acceptors (Lipinski definition) is 3. The fraction of sp³-hybridized carbons (Fsp3) is 0.0833. The van der Waals surface area contributed by atoms with Crippen LogP contribution in [-0.2, 0) is 5.75 Å². The van der Waals surface area contributed by atoms with E-state index >= 15 is 0 Å². The summed E-state index contributed by atoms with van der Waals surface area (Å²) in [5.41, 5.74) is 3.96. The summed E-state index contributed by atoms with van der Waals surface area (Å²) < 4.78 is 0. The SMILES string of the molecule is Cc1cnc2c(NC(=O)c3c(Cl)cccc3Cl)cccc2c1SCc1ccccc1. The van der Waals surface area contributed by atoms with E-state index < -0.39 is 0 Å². The third-order valence-electron chi connectivity index (χ3n) is 4.69. The van der Waals surface area contributed by atoms with Crippen LogP contribution in [0.3, 0.4) is 0 Å². The number of amides is 1. The summed E-state index contributed by atoms with van der Waals surface area (Å²) in [6, 6.07) is 21.1. The predicted molar refractivity (Wildman–Crippen MR) is 127 cm³/mol. The lowest BCUT2D eigenvalue weighted by atomic mass is 10.1. The molecule has 6 heteroatoms. The van der Waals surface area contributed by atoms with E-state index in [1.54, 1.807) is 30.0 Å². The summed E-state index contributed by atoms with van der Waals surface area (Å²) in [6.07, 6.45) is 1.84. The van der Waals surface area contributed by atoms with Gasteiger partial charge in [0.15, 0.2) is 0 Å². The van der Waals surface area contributed by atoms with Crippen LogP contribution in [0.2, 0.25) is 10.0 Å². The van der Waals surface area contributed by atoms with Crippen LogP contribution in [0.15, 0.2) is 77.8 Å². The van der Waals surface area contributed by atoms with Crippen molar-refractivity contribution >= 4 is 57.5 Å². The van der Waals surface area contributed by atoms with Gasteiger partial charge in [0.05, 0.1) is 26.8 Å². The summed E-state index contributed by atoms with van der Waals surface area (Å²) in [5.74, 6) is 0.492. The van der Waals surface area contributed by atoms with Crippen molar-refractivity contribution in [3.05, 3.63) is 99.7 Å². The summed E-state index contributed by atoms with van der Waals surface area (Å²) in [4.78, 5) is 18.6. The Hall–Kier alpha value is -2.53. The number of anilines is 1. The second-order valence-electron chi connectivity index (χ2n) is 6.80. The number of hydrogen-bond donors (Lipinski definition) is 1. The van der Waals surface area contributed by atoms with Gasteiger partial charge in [0.1, 0.15) is 0 Å². The van der Waals surface area contributed by atoms with Gasteiger partial charge in [-0.2, -0.15) is 0 Å². The molecule has 0 aliphatic rings. The normalized spacial score (nSPS) is 10.9. The second kappa shape index (κ2) is 9.09. The standard InChI is InChI=1S/C24H18Cl2N2OS/c1-15-13-27-22-17(23(15)30-14-16-7-3-2-4-8-16)9-5-12-20(22)28-24(29)21-18(25)10-6-11-19(21)26/h2-13H,14H2,1H3,(H,28,29). The lowest BCUT2D eigenvalue weighted by Crippen LogP contribution is -2.13. The van der Waals surface area contributed by atoms with Crippen molar-refractivity contribution in [1.29, 1.82) is 0 Å². The number of thioether (sulfide) groups is 1. The van der Waals surface area contributed by atoms with Gasteiger partial charge < -0.3 is 5.32 Å². The van der Waals surface area contributed by atoms with Gasteiger partial charge in [-0.1, -0.05) is 71.7 Å². The van der Waals surface area contributed by atoms with Gasteiger partial charge in [-0.05, 0) is 36.2 Å². The van der Waals surface area contributed by atoms with Gasteiger partial charge in [-0.3, -0.25) is 9.78 Å². The highest BCUT2D eigenvalue weighted by molar-refractivity contribution is 7.98. The summed E-state index contributed by atoms with van der Waals surface area (Å²) >= 11 is 14.1. The number of rotatable bonds is 5. The first-order valence-corrected chi connectivity index (χ1v) is 11.1. The van der Waals surface area contributed by atoms with Gasteiger partial charge in [-0.15, -0.1) is 11.8 Å². The van der Waals surface area contributed by atoms with E-state index in [1.165, 1.54) is 5.56 Å². The van der Waals surface area contributed by atoms with Crippen LogP contribution in [0.25, 0.3) is 10.9 Å². The minimum Gasteiger partial charge on any atom is -0.320 e. The Balaban J connectivity index is 1.68. The molecule has 0 saturated heterocycles. The molecule has 1 heterocycles. The Bertz CT molecular complexity index is 1210. The zero-order valence-electron chi connectivity index (χ0n) is 16.2. The summed E-state index contributed by atoms with van der Waals surface area (Å²) in [6.45, 7) is 2.05. The lowest BCUT2D eigenvalue weighted by molar-refractivity contribution is 0.102. The van der Waals surface area contributed by atoms with E-state index in [9.17, 15) is 4.79 Å². The number of carbonyl (C=O) groups excluding carboxylic acids is 1. The average Bonchev–Trinajstić information content (AvgIpc) is 2.74. The quantitative estimate of drug-likeness (QED) is 0.320. The largest absolute Gasteiger partial charge is 0.320 e. The van der Waals surface area contributed by atoms with Gasteiger partial charge >= 0.3 is 0 Å². The fourth-order valence-corrected chi connectivity index (χ4v) is 4.89. The van der Waals surface area contributed by atoms with Crippen molar-refractivity contribution in [2.45, 2.75) is 17.6 Å². The van der Waals surface area contributed by atoms with Gasteiger partial charge in [0.2, 0.25) is 0 Å². The molecule has 0 bridgehead atoms. The molecule has 0 unspecified atom stereocenters. The molecule has 1 aromatic heterocycles. The maximum absolute atomic E-state index is 12.8. The van der Waals surface area contributed by atoms with Crippen molar-refractivity contribution in [2.75, 3.05) is 5.32 Å². The smallest absolute Gasteiger partial charge is 0.258 e. The fourth-order valence-electron chi connectivity index (χ4n) is 3.22. The van der Waals surface area contributed by atoms with E-state index in [2.05, 4.69) is 29.4 Å². The summed E-state index contributed by atoms with van der Waals surface area (Å²) in [5, 5.41) is 4.54. The molecule has 4 aromatic rings. The number of nitrogens with one attached hydrogen (secondary N) is 1. The number of benzene rings is 3. The Kier molecular flexibility index (Phi) is 6.28. The molecule has 0 spiro atoms. The predicted octanol–water partition coefficient (Wildman–Crippen LogP) is 7.39. The highest BCUT2D eigenvalue weighted by atomic mass is 35.5. The molecular weight excluding hydrogens is 435 g/mol. The van der Waals surface area contributed by atoms with E-state index in [1.807, 2.05) is 42.6 Å². The molecular formula is C24H18Cl2N2OS. The molecule has 0 fully saturated rings. The van der Waals surface area contributed by atoms with Crippen molar-refractivity contribution < 1.29 is 4.79 Å². The molecule has 4 rings (SSSR count). The molecule has 150 valence electrons. The highest BCUT2D eigenvalue weighted by Crippen LogP contribution is 2.35. The zero-order chi connectivity index (χ0) is 21.1. The van der Waals surface area contributed by atoms with Gasteiger partial charge in [0.25, 0.3) is 5.91 Å². The van der Waals surface area contributed by atoms with Crippen molar-refractivity contribution in [1.82, 2.24) is 4.98 Å². The van der Waals surface area contributed by atoms with Crippen molar-refractivity contribution in [3.63, 3.8) is 0 Å². The third kappa shape index (κ3) is 4.31. The molecule has 3 aromatic carbocycles. The van der Waals surface area contributed by atoms with E-state index in [4.69, 9.17) is 23.2 Å². The van der Waals surface area contributed by atoms with Crippen LogP contribution in [0.1, 0.15) is 21.5 Å². The molecule has 30 heavy (non-hydrogen) atoms. The van der Waals surface area contributed by atoms with Crippen LogP contribution in [0.4, 0.5) is 5.69 Å². The summed E-state index contributed by atoms with van der Waals surface area (Å²) in [7, 11) is 0. The number of aryl methyl sites for hydroxylation is 1. The Labute approximate surface area is 189 Å². The Morgan fingerprint density at radius 1 is 0.967 bits per heavy atom. The second-order valence-corrected chi connectivity index (χ2v) is 8.60. The van der Waals surface area contributed by atoms with Crippen molar-refractivity contribution in [2.24, 2.45) is 0 Å². The number of carbonyl (C=O) groups is 1. The minimum absolute atomic E-state index is 0.253. The average molecular weight is 453 g/mol. The van der Waals surface area contributed by atoms with Gasteiger partial charge in [0, 0.05) is 22.2 Å². The molecule has 0 atom stereocenters. The lowest BCUT2D eigenvalue weighted by Gasteiger charge is -2.14.